The molecule has 6 nitrogen and oxygen atoms in total. The van der Waals surface area contributed by atoms with Crippen molar-refractivity contribution in [1.82, 2.24) is 9.97 Å². The third-order valence-corrected chi connectivity index (χ3v) is 8.46. The first-order chi connectivity index (χ1) is 22.0. The molecule has 0 saturated carbocycles. The van der Waals surface area contributed by atoms with Gasteiger partial charge in [0.1, 0.15) is 17.2 Å². The molecule has 0 fully saturated rings. The number of isothiocyanates is 2. The van der Waals surface area contributed by atoms with Gasteiger partial charge in [-0.3, -0.25) is 0 Å². The maximum Gasteiger partial charge on any atom is 0.209 e. The van der Waals surface area contributed by atoms with Gasteiger partial charge in [-0.2, -0.15) is 9.98 Å². The molecular formula is C36H20FN5OS2. The molecule has 2 aliphatic rings. The normalized spacial score (nSPS) is 12.0. The van der Waals surface area contributed by atoms with E-state index in [9.17, 15) is 0 Å². The third-order valence-electron chi connectivity index (χ3n) is 8.28. The predicted molar refractivity (Wildman–Crippen MR) is 183 cm³/mol. The summed E-state index contributed by atoms with van der Waals surface area (Å²) >= 11 is 9.59. The minimum atomic E-state index is -0.404. The van der Waals surface area contributed by atoms with Crippen LogP contribution in [0.3, 0.4) is 0 Å². The van der Waals surface area contributed by atoms with Gasteiger partial charge in [-0.15, -0.1) is 0 Å². The summed E-state index contributed by atoms with van der Waals surface area (Å²) in [5.74, 6) is 1.43. The zero-order valence-electron chi connectivity index (χ0n) is 23.9. The Kier molecular flexibility index (Phi) is 6.24. The number of benzene rings is 5. The second-order valence-corrected chi connectivity index (χ2v) is 11.2. The average Bonchev–Trinajstić information content (AvgIpc) is 3.37. The first-order valence-electron chi connectivity index (χ1n) is 14.1. The van der Waals surface area contributed by atoms with Gasteiger partial charge in [0.2, 0.25) is 11.6 Å². The zero-order chi connectivity index (χ0) is 30.8. The van der Waals surface area contributed by atoms with Gasteiger partial charge >= 0.3 is 0 Å². The van der Waals surface area contributed by atoms with Gasteiger partial charge in [0.25, 0.3) is 0 Å². The van der Waals surface area contributed by atoms with Gasteiger partial charge in [-0.05, 0) is 108 Å². The van der Waals surface area contributed by atoms with E-state index in [1.54, 1.807) is 6.07 Å². The fourth-order valence-corrected chi connectivity index (χ4v) is 6.58. The quantitative estimate of drug-likeness (QED) is 0.144. The molecule has 214 valence electrons. The van der Waals surface area contributed by atoms with Crippen molar-refractivity contribution in [2.24, 2.45) is 9.98 Å². The van der Waals surface area contributed by atoms with E-state index in [1.165, 1.54) is 0 Å². The largest absolute Gasteiger partial charge is 0.453 e. The number of aromatic nitrogens is 2. The van der Waals surface area contributed by atoms with Crippen molar-refractivity contribution >= 4 is 74.2 Å². The van der Waals surface area contributed by atoms with Crippen LogP contribution in [0.2, 0.25) is 0 Å². The number of aryl methyl sites for hydroxylation is 2. The molecule has 0 radical (unpaired) electrons. The van der Waals surface area contributed by atoms with Crippen LogP contribution in [0.1, 0.15) is 11.1 Å². The molecule has 0 unspecified atom stereocenters. The lowest BCUT2D eigenvalue weighted by Crippen LogP contribution is -2.16. The topological polar surface area (TPSA) is 63.0 Å². The summed E-state index contributed by atoms with van der Waals surface area (Å²) in [4.78, 5) is 19.5. The highest BCUT2D eigenvalue weighted by Gasteiger charge is 2.31. The number of aliphatic imine (C=N–C) groups is 2. The van der Waals surface area contributed by atoms with E-state index < -0.39 is 5.82 Å². The molecule has 0 atom stereocenters. The van der Waals surface area contributed by atoms with E-state index in [1.807, 2.05) is 54.6 Å². The summed E-state index contributed by atoms with van der Waals surface area (Å²) in [5.41, 5.74) is 8.69. The number of halogens is 1. The van der Waals surface area contributed by atoms with Crippen LogP contribution in [0.15, 0.2) is 94.9 Å². The summed E-state index contributed by atoms with van der Waals surface area (Å²) in [6.45, 7) is 4.14. The minimum Gasteiger partial charge on any atom is -0.453 e. The summed E-state index contributed by atoms with van der Waals surface area (Å²) in [5, 5.41) is 6.23. The Morgan fingerprint density at radius 3 is 2.00 bits per heavy atom. The third kappa shape index (κ3) is 4.07. The Balaban J connectivity index is 1.33. The van der Waals surface area contributed by atoms with Crippen molar-refractivity contribution in [3.05, 3.63) is 102 Å². The van der Waals surface area contributed by atoms with Gasteiger partial charge in [0, 0.05) is 22.2 Å². The van der Waals surface area contributed by atoms with Crippen molar-refractivity contribution in [2.45, 2.75) is 13.8 Å². The fourth-order valence-electron chi connectivity index (χ4n) is 6.41. The van der Waals surface area contributed by atoms with E-state index in [2.05, 4.69) is 73.3 Å². The van der Waals surface area contributed by atoms with E-state index >= 15 is 4.39 Å². The number of thiocarbonyl (C=S) groups is 2. The Morgan fingerprint density at radius 1 is 0.689 bits per heavy atom. The second kappa shape index (κ2) is 10.3. The van der Waals surface area contributed by atoms with Gasteiger partial charge in [0.05, 0.1) is 21.7 Å². The maximum absolute atomic E-state index is 16.3. The molecule has 1 aliphatic heterocycles. The van der Waals surface area contributed by atoms with E-state index in [0.717, 1.165) is 67.2 Å². The van der Waals surface area contributed by atoms with Crippen LogP contribution in [0.25, 0.3) is 44.4 Å². The predicted octanol–water partition coefficient (Wildman–Crippen LogP) is 10.7. The molecule has 0 amide bonds. The molecule has 0 saturated heterocycles. The van der Waals surface area contributed by atoms with Crippen LogP contribution in [0.5, 0.6) is 11.5 Å². The van der Waals surface area contributed by atoms with E-state index in [4.69, 9.17) is 29.2 Å². The molecule has 6 aromatic rings. The van der Waals surface area contributed by atoms with Gasteiger partial charge in [-0.1, -0.05) is 42.5 Å². The molecule has 0 spiro atoms. The number of hydrogen-bond acceptors (Lipinski definition) is 8. The number of nitrogens with zero attached hydrogens (tertiary/aromatic N) is 5. The van der Waals surface area contributed by atoms with Crippen LogP contribution < -0.4 is 9.64 Å². The lowest BCUT2D eigenvalue weighted by atomic mass is 9.90. The molecule has 1 aromatic heterocycles. The highest BCUT2D eigenvalue weighted by atomic mass is 32.1. The minimum absolute atomic E-state index is 0.110. The Bertz CT molecular complexity index is 2330. The van der Waals surface area contributed by atoms with Gasteiger partial charge in [-0.25, -0.2) is 14.4 Å². The summed E-state index contributed by atoms with van der Waals surface area (Å²) < 4.78 is 22.5. The lowest BCUT2D eigenvalue weighted by molar-refractivity contribution is 0.477. The first kappa shape index (κ1) is 27.1. The summed E-state index contributed by atoms with van der Waals surface area (Å²) in [7, 11) is 0. The van der Waals surface area contributed by atoms with Crippen molar-refractivity contribution in [3.63, 3.8) is 0 Å². The van der Waals surface area contributed by atoms with Gasteiger partial charge < -0.3 is 9.64 Å². The number of rotatable bonds is 4. The molecule has 0 N–H and O–H groups in total. The van der Waals surface area contributed by atoms with Crippen LogP contribution >= 0.6 is 24.4 Å². The van der Waals surface area contributed by atoms with Crippen molar-refractivity contribution < 1.29 is 9.13 Å². The molecule has 1 aliphatic carbocycles. The monoisotopic (exact) mass is 621 g/mol. The molecule has 9 heteroatoms. The summed E-state index contributed by atoms with van der Waals surface area (Å²) in [6, 6.07) is 27.8. The summed E-state index contributed by atoms with van der Waals surface area (Å²) in [6.07, 6.45) is 0. The van der Waals surface area contributed by atoms with Crippen LogP contribution in [-0.4, -0.2) is 20.3 Å². The standard InChI is InChI=1S/C36H20FN5OS2/c1-19-15-28(42-26-10-3-5-12-29(26)43-30-13-6-4-11-27(30)42)20(2)14-23(19)24-16-25(37)32-31-21(24)8-7-9-22(31)33-34(32)41-36(39-18-45)35(40-33)38-17-44/h3-16H,1-2H3. The second-order valence-electron chi connectivity index (χ2n) is 10.8. The molecule has 0 bridgehead atoms. The highest BCUT2D eigenvalue weighted by molar-refractivity contribution is 7.78. The zero-order valence-corrected chi connectivity index (χ0v) is 25.6. The Hall–Kier alpha value is -5.43. The van der Waals surface area contributed by atoms with Crippen molar-refractivity contribution in [3.8, 4) is 45.1 Å². The van der Waals surface area contributed by atoms with Crippen LogP contribution in [-0.2, 0) is 0 Å². The van der Waals surface area contributed by atoms with Crippen molar-refractivity contribution in [1.29, 1.82) is 0 Å². The highest BCUT2D eigenvalue weighted by Crippen LogP contribution is 2.53. The first-order valence-corrected chi connectivity index (χ1v) is 14.9. The fraction of sp³-hybridized carbons (Fsp3) is 0.0556. The van der Waals surface area contributed by atoms with Crippen LogP contribution in [0, 0.1) is 19.7 Å². The SMILES string of the molecule is Cc1cc(N2c3ccccc3Oc3ccccc32)c(C)cc1-c1cc(F)c2c3c(cccc13)-c1nc(N=C=S)c(N=C=S)nc1-2. The van der Waals surface area contributed by atoms with Crippen LogP contribution in [0.4, 0.5) is 33.1 Å². The molecule has 2 heterocycles. The number of fused-ring (bicyclic) bond motifs is 5. The molecule has 5 aromatic carbocycles. The molecule has 45 heavy (non-hydrogen) atoms. The number of hydrogen-bond donors (Lipinski definition) is 0. The molecular weight excluding hydrogens is 602 g/mol. The molecule has 8 rings (SSSR count). The Morgan fingerprint density at radius 2 is 1.33 bits per heavy atom. The van der Waals surface area contributed by atoms with E-state index in [0.29, 0.717) is 17.0 Å². The Labute approximate surface area is 268 Å². The number of ether oxygens (including phenoxy) is 1. The average molecular weight is 622 g/mol. The number of anilines is 3. The van der Waals surface area contributed by atoms with Crippen molar-refractivity contribution in [2.75, 3.05) is 4.90 Å². The van der Waals surface area contributed by atoms with Gasteiger partial charge in [0.15, 0.2) is 11.5 Å². The smallest absolute Gasteiger partial charge is 0.209 e. The maximum atomic E-state index is 16.3. The lowest BCUT2D eigenvalue weighted by Gasteiger charge is -2.34. The van der Waals surface area contributed by atoms with E-state index in [-0.39, 0.29) is 11.6 Å². The number of para-hydroxylation sites is 4.